The second-order valence-corrected chi connectivity index (χ2v) is 4.68. The van der Waals surface area contributed by atoms with E-state index in [9.17, 15) is 9.59 Å². The fraction of sp³-hybridized carbons (Fsp3) is 0.231. The van der Waals surface area contributed by atoms with Crippen LogP contribution in [0.25, 0.3) is 5.69 Å². The molecule has 0 unspecified atom stereocenters. The standard InChI is InChI=1S/C13H11ClN2O4/c14-11-7-12(17)16(13(18)15-11)8-2-3-9-10(6-8)20-5-1-4-19-9/h2-3,6-7H,1,4-5H2,(H,15,18). The van der Waals surface area contributed by atoms with Crippen LogP contribution in [0.3, 0.4) is 0 Å². The van der Waals surface area contributed by atoms with Gasteiger partial charge in [-0.1, -0.05) is 11.6 Å². The third kappa shape index (κ3) is 2.30. The molecule has 1 aromatic carbocycles. The average Bonchev–Trinajstić information content (AvgIpc) is 2.62. The van der Waals surface area contributed by atoms with E-state index < -0.39 is 11.2 Å². The summed E-state index contributed by atoms with van der Waals surface area (Å²) in [5.41, 5.74) is -0.706. The summed E-state index contributed by atoms with van der Waals surface area (Å²) in [6.07, 6.45) is 0.783. The number of H-pyrrole nitrogens is 1. The van der Waals surface area contributed by atoms with Crippen LogP contribution in [0.15, 0.2) is 33.9 Å². The molecule has 1 aromatic heterocycles. The first-order chi connectivity index (χ1) is 9.65. The smallest absolute Gasteiger partial charge is 0.334 e. The van der Waals surface area contributed by atoms with E-state index in [0.29, 0.717) is 30.4 Å². The number of hydrogen-bond donors (Lipinski definition) is 1. The Morgan fingerprint density at radius 1 is 1.10 bits per heavy atom. The van der Waals surface area contributed by atoms with Gasteiger partial charge in [0.2, 0.25) is 0 Å². The van der Waals surface area contributed by atoms with Crippen LogP contribution < -0.4 is 20.7 Å². The number of aromatic nitrogens is 2. The molecule has 104 valence electrons. The summed E-state index contributed by atoms with van der Waals surface area (Å²) in [5.74, 6) is 1.12. The highest BCUT2D eigenvalue weighted by molar-refractivity contribution is 6.29. The van der Waals surface area contributed by atoms with Gasteiger partial charge in [-0.2, -0.15) is 0 Å². The molecule has 0 amide bonds. The number of aromatic amines is 1. The number of rotatable bonds is 1. The van der Waals surface area contributed by atoms with E-state index in [0.717, 1.165) is 17.1 Å². The third-order valence-corrected chi connectivity index (χ3v) is 3.09. The summed E-state index contributed by atoms with van der Waals surface area (Å²) >= 11 is 5.63. The quantitative estimate of drug-likeness (QED) is 0.806. The van der Waals surface area contributed by atoms with Gasteiger partial charge in [0.15, 0.2) is 11.5 Å². The van der Waals surface area contributed by atoms with Crippen LogP contribution in [0.5, 0.6) is 11.5 Å². The van der Waals surface area contributed by atoms with E-state index in [4.69, 9.17) is 21.1 Å². The predicted molar refractivity (Wildman–Crippen MR) is 73.3 cm³/mol. The normalized spacial score (nSPS) is 13.8. The van der Waals surface area contributed by atoms with Gasteiger partial charge in [-0.3, -0.25) is 9.78 Å². The molecule has 1 aliphatic heterocycles. The van der Waals surface area contributed by atoms with Gasteiger partial charge in [0.25, 0.3) is 5.56 Å². The van der Waals surface area contributed by atoms with E-state index in [1.807, 2.05) is 0 Å². The Morgan fingerprint density at radius 3 is 2.60 bits per heavy atom. The van der Waals surface area contributed by atoms with Crippen molar-refractivity contribution in [2.24, 2.45) is 0 Å². The van der Waals surface area contributed by atoms with E-state index in [1.54, 1.807) is 18.2 Å². The van der Waals surface area contributed by atoms with E-state index >= 15 is 0 Å². The lowest BCUT2D eigenvalue weighted by molar-refractivity contribution is 0.297. The third-order valence-electron chi connectivity index (χ3n) is 2.89. The molecular weight excluding hydrogens is 284 g/mol. The van der Waals surface area contributed by atoms with Gasteiger partial charge < -0.3 is 9.47 Å². The van der Waals surface area contributed by atoms with Crippen LogP contribution in [0.1, 0.15) is 6.42 Å². The monoisotopic (exact) mass is 294 g/mol. The fourth-order valence-electron chi connectivity index (χ4n) is 2.00. The molecule has 0 aliphatic carbocycles. The van der Waals surface area contributed by atoms with E-state index in [2.05, 4.69) is 4.98 Å². The number of benzene rings is 1. The highest BCUT2D eigenvalue weighted by atomic mass is 35.5. The molecule has 0 radical (unpaired) electrons. The zero-order valence-electron chi connectivity index (χ0n) is 10.4. The number of fused-ring (bicyclic) bond motifs is 1. The van der Waals surface area contributed by atoms with Crippen LogP contribution in [0, 0.1) is 0 Å². The summed E-state index contributed by atoms with van der Waals surface area (Å²) in [6, 6.07) is 6.05. The minimum absolute atomic E-state index is 0.00518. The second kappa shape index (κ2) is 5.05. The average molecular weight is 295 g/mol. The van der Waals surface area contributed by atoms with Crippen LogP contribution in [-0.4, -0.2) is 22.8 Å². The molecule has 1 aliphatic rings. The molecule has 0 atom stereocenters. The Kier molecular flexibility index (Phi) is 3.23. The highest BCUT2D eigenvalue weighted by Gasteiger charge is 2.13. The molecule has 6 nitrogen and oxygen atoms in total. The first kappa shape index (κ1) is 12.8. The SMILES string of the molecule is O=c1cc(Cl)[nH]c(=O)n1-c1ccc2c(c1)OCCCO2. The van der Waals surface area contributed by atoms with E-state index in [-0.39, 0.29) is 5.15 Å². The number of nitrogens with zero attached hydrogens (tertiary/aromatic N) is 1. The molecule has 3 rings (SSSR count). The Bertz CT molecular complexity index is 734. The lowest BCUT2D eigenvalue weighted by atomic mass is 10.2. The topological polar surface area (TPSA) is 73.3 Å². The van der Waals surface area contributed by atoms with Crippen molar-refractivity contribution >= 4 is 11.6 Å². The Labute approximate surface area is 118 Å². The van der Waals surface area contributed by atoms with Gasteiger partial charge in [-0.25, -0.2) is 9.36 Å². The number of hydrogen-bond acceptors (Lipinski definition) is 4. The molecule has 0 spiro atoms. The maximum absolute atomic E-state index is 11.9. The molecule has 0 fully saturated rings. The molecule has 1 N–H and O–H groups in total. The summed E-state index contributed by atoms with van der Waals surface area (Å²) < 4.78 is 12.0. The fourth-order valence-corrected chi connectivity index (χ4v) is 2.18. The van der Waals surface area contributed by atoms with Crippen molar-refractivity contribution in [2.45, 2.75) is 6.42 Å². The van der Waals surface area contributed by atoms with Gasteiger partial charge in [-0.05, 0) is 12.1 Å². The summed E-state index contributed by atoms with van der Waals surface area (Å²) in [5, 5.41) is 0.00518. The summed E-state index contributed by atoms with van der Waals surface area (Å²) in [4.78, 5) is 26.1. The second-order valence-electron chi connectivity index (χ2n) is 4.28. The Hall–Kier alpha value is -2.21. The van der Waals surface area contributed by atoms with Gasteiger partial charge >= 0.3 is 5.69 Å². The lowest BCUT2D eigenvalue weighted by Crippen LogP contribution is -2.32. The number of nitrogens with one attached hydrogen (secondary N) is 1. The minimum atomic E-state index is -0.600. The minimum Gasteiger partial charge on any atom is -0.490 e. The van der Waals surface area contributed by atoms with Crippen molar-refractivity contribution in [3.8, 4) is 17.2 Å². The molecule has 0 bridgehead atoms. The van der Waals surface area contributed by atoms with Crippen molar-refractivity contribution < 1.29 is 9.47 Å². The maximum atomic E-state index is 11.9. The lowest BCUT2D eigenvalue weighted by Gasteiger charge is -2.10. The van der Waals surface area contributed by atoms with Crippen LogP contribution in [0.2, 0.25) is 5.15 Å². The van der Waals surface area contributed by atoms with Crippen molar-refractivity contribution in [1.82, 2.24) is 9.55 Å². The van der Waals surface area contributed by atoms with Crippen LogP contribution >= 0.6 is 11.6 Å². The molecule has 2 aromatic rings. The van der Waals surface area contributed by atoms with Crippen molar-refractivity contribution in [1.29, 1.82) is 0 Å². The zero-order chi connectivity index (χ0) is 14.1. The first-order valence-electron chi connectivity index (χ1n) is 6.07. The van der Waals surface area contributed by atoms with Gasteiger partial charge in [0.1, 0.15) is 5.15 Å². The molecule has 0 saturated heterocycles. The highest BCUT2D eigenvalue weighted by Crippen LogP contribution is 2.30. The number of ether oxygens (including phenoxy) is 2. The molecular formula is C13H11ClN2O4. The number of halogens is 1. The van der Waals surface area contributed by atoms with Crippen molar-refractivity contribution in [3.05, 3.63) is 50.3 Å². The molecule has 2 heterocycles. The molecule has 0 saturated carbocycles. The molecule has 20 heavy (non-hydrogen) atoms. The van der Waals surface area contributed by atoms with E-state index in [1.165, 1.54) is 0 Å². The maximum Gasteiger partial charge on any atom is 0.334 e. The Balaban J connectivity index is 2.14. The first-order valence-corrected chi connectivity index (χ1v) is 6.45. The summed E-state index contributed by atoms with van der Waals surface area (Å²) in [6.45, 7) is 1.11. The van der Waals surface area contributed by atoms with Crippen LogP contribution in [-0.2, 0) is 0 Å². The van der Waals surface area contributed by atoms with Gasteiger partial charge in [0, 0.05) is 18.6 Å². The molecule has 7 heteroatoms. The van der Waals surface area contributed by atoms with Gasteiger partial charge in [-0.15, -0.1) is 0 Å². The van der Waals surface area contributed by atoms with Crippen molar-refractivity contribution in [3.63, 3.8) is 0 Å². The largest absolute Gasteiger partial charge is 0.490 e. The van der Waals surface area contributed by atoms with Crippen LogP contribution in [0.4, 0.5) is 0 Å². The predicted octanol–water partition coefficient (Wildman–Crippen LogP) is 1.34. The summed E-state index contributed by atoms with van der Waals surface area (Å²) in [7, 11) is 0. The Morgan fingerprint density at radius 2 is 1.85 bits per heavy atom. The van der Waals surface area contributed by atoms with Crippen molar-refractivity contribution in [2.75, 3.05) is 13.2 Å². The zero-order valence-corrected chi connectivity index (χ0v) is 11.1. The van der Waals surface area contributed by atoms with Gasteiger partial charge in [0.05, 0.1) is 18.9 Å².